The van der Waals surface area contributed by atoms with Gasteiger partial charge in [-0.05, 0) is 31.1 Å². The third-order valence-electron chi connectivity index (χ3n) is 2.71. The zero-order chi connectivity index (χ0) is 12.0. The zero-order valence-electron chi connectivity index (χ0n) is 10.9. The normalized spacial score (nSPS) is 12.3. The van der Waals surface area contributed by atoms with Gasteiger partial charge in [0, 0.05) is 13.1 Å². The van der Waals surface area contributed by atoms with Crippen LogP contribution in [0.5, 0.6) is 0 Å². The largest absolute Gasteiger partial charge is 0.468 e. The van der Waals surface area contributed by atoms with Gasteiger partial charge in [0.05, 0.1) is 12.8 Å². The summed E-state index contributed by atoms with van der Waals surface area (Å²) < 4.78 is 5.38. The number of furan rings is 1. The molecular formula is C13H24N2O. The van der Waals surface area contributed by atoms with Crippen molar-refractivity contribution in [3.63, 3.8) is 0 Å². The van der Waals surface area contributed by atoms with Crippen LogP contribution in [0.4, 0.5) is 0 Å². The molecule has 16 heavy (non-hydrogen) atoms. The van der Waals surface area contributed by atoms with Gasteiger partial charge in [-0.1, -0.05) is 20.8 Å². The van der Waals surface area contributed by atoms with Gasteiger partial charge in [-0.15, -0.1) is 0 Å². The Balaban J connectivity index is 2.48. The summed E-state index contributed by atoms with van der Waals surface area (Å²) in [5.41, 5.74) is 0.289. The van der Waals surface area contributed by atoms with Crippen LogP contribution in [-0.4, -0.2) is 31.6 Å². The Kier molecular flexibility index (Phi) is 5.03. The summed E-state index contributed by atoms with van der Waals surface area (Å²) >= 11 is 0. The Bertz CT molecular complexity index is 280. The van der Waals surface area contributed by atoms with Gasteiger partial charge in [0.25, 0.3) is 0 Å². The van der Waals surface area contributed by atoms with Crippen molar-refractivity contribution >= 4 is 0 Å². The van der Waals surface area contributed by atoms with E-state index in [-0.39, 0.29) is 5.41 Å². The van der Waals surface area contributed by atoms with E-state index in [9.17, 15) is 0 Å². The van der Waals surface area contributed by atoms with Crippen LogP contribution < -0.4 is 5.32 Å². The van der Waals surface area contributed by atoms with Crippen molar-refractivity contribution in [1.29, 1.82) is 0 Å². The first-order valence-electron chi connectivity index (χ1n) is 5.97. The van der Waals surface area contributed by atoms with Gasteiger partial charge < -0.3 is 9.73 Å². The molecule has 0 saturated heterocycles. The van der Waals surface area contributed by atoms with Gasteiger partial charge in [-0.25, -0.2) is 0 Å². The Morgan fingerprint density at radius 2 is 2.19 bits per heavy atom. The molecule has 1 aromatic heterocycles. The first-order chi connectivity index (χ1) is 7.57. The standard InChI is InChI=1S/C13H24N2O/c1-5-15(9-12-7-6-8-16-12)11-13(2,3)10-14-4/h6-8,14H,5,9-11H2,1-4H3. The molecule has 1 heterocycles. The van der Waals surface area contributed by atoms with Crippen molar-refractivity contribution in [2.45, 2.75) is 27.3 Å². The van der Waals surface area contributed by atoms with E-state index in [0.717, 1.165) is 31.9 Å². The molecule has 0 amide bonds. The van der Waals surface area contributed by atoms with Crippen LogP contribution in [0.25, 0.3) is 0 Å². The zero-order valence-corrected chi connectivity index (χ0v) is 10.9. The first kappa shape index (κ1) is 13.3. The number of nitrogens with zero attached hydrogens (tertiary/aromatic N) is 1. The maximum atomic E-state index is 5.38. The minimum atomic E-state index is 0.289. The lowest BCUT2D eigenvalue weighted by molar-refractivity contribution is 0.167. The molecule has 0 fully saturated rings. The molecule has 0 aliphatic carbocycles. The highest BCUT2D eigenvalue weighted by molar-refractivity contribution is 4.98. The molecule has 3 heteroatoms. The number of rotatable bonds is 7. The first-order valence-corrected chi connectivity index (χ1v) is 5.97. The molecule has 1 N–H and O–H groups in total. The van der Waals surface area contributed by atoms with E-state index in [2.05, 4.69) is 31.0 Å². The van der Waals surface area contributed by atoms with Crippen molar-refractivity contribution < 1.29 is 4.42 Å². The lowest BCUT2D eigenvalue weighted by atomic mass is 9.92. The van der Waals surface area contributed by atoms with E-state index in [0.29, 0.717) is 0 Å². The predicted octanol–water partition coefficient (Wildman–Crippen LogP) is 2.35. The summed E-state index contributed by atoms with van der Waals surface area (Å²) in [6.45, 7) is 10.8. The van der Waals surface area contributed by atoms with Crippen molar-refractivity contribution in [3.05, 3.63) is 24.2 Å². The number of nitrogens with one attached hydrogen (secondary N) is 1. The molecule has 0 spiro atoms. The summed E-state index contributed by atoms with van der Waals surface area (Å²) in [4.78, 5) is 2.41. The quantitative estimate of drug-likeness (QED) is 0.770. The molecule has 0 aromatic carbocycles. The molecule has 0 atom stereocenters. The summed E-state index contributed by atoms with van der Waals surface area (Å²) in [5, 5.41) is 3.25. The predicted molar refractivity (Wildman–Crippen MR) is 67.4 cm³/mol. The van der Waals surface area contributed by atoms with E-state index in [4.69, 9.17) is 4.42 Å². The molecule has 0 unspecified atom stereocenters. The van der Waals surface area contributed by atoms with E-state index >= 15 is 0 Å². The molecule has 1 aromatic rings. The fraction of sp³-hybridized carbons (Fsp3) is 0.692. The number of hydrogen-bond acceptors (Lipinski definition) is 3. The molecule has 0 radical (unpaired) electrons. The summed E-state index contributed by atoms with van der Waals surface area (Å²) in [7, 11) is 2.00. The Morgan fingerprint density at radius 1 is 1.44 bits per heavy atom. The highest BCUT2D eigenvalue weighted by Crippen LogP contribution is 2.17. The van der Waals surface area contributed by atoms with E-state index in [1.165, 1.54) is 0 Å². The van der Waals surface area contributed by atoms with Gasteiger partial charge in [-0.3, -0.25) is 4.90 Å². The van der Waals surface area contributed by atoms with Crippen molar-refractivity contribution in [1.82, 2.24) is 10.2 Å². The maximum absolute atomic E-state index is 5.38. The lowest BCUT2D eigenvalue weighted by Crippen LogP contribution is -2.39. The summed E-state index contributed by atoms with van der Waals surface area (Å²) in [5.74, 6) is 1.04. The van der Waals surface area contributed by atoms with Gasteiger partial charge in [0.1, 0.15) is 5.76 Å². The molecule has 3 nitrogen and oxygen atoms in total. The number of hydrogen-bond donors (Lipinski definition) is 1. The van der Waals surface area contributed by atoms with Gasteiger partial charge in [-0.2, -0.15) is 0 Å². The third-order valence-corrected chi connectivity index (χ3v) is 2.71. The lowest BCUT2D eigenvalue weighted by Gasteiger charge is -2.31. The molecular weight excluding hydrogens is 200 g/mol. The van der Waals surface area contributed by atoms with Crippen LogP contribution in [0.1, 0.15) is 26.5 Å². The van der Waals surface area contributed by atoms with Gasteiger partial charge in [0.2, 0.25) is 0 Å². The van der Waals surface area contributed by atoms with E-state index in [1.54, 1.807) is 6.26 Å². The molecule has 0 aliphatic rings. The average Bonchev–Trinajstić information content (AvgIpc) is 2.69. The molecule has 92 valence electrons. The van der Waals surface area contributed by atoms with Crippen LogP contribution in [0.2, 0.25) is 0 Å². The SMILES string of the molecule is CCN(Cc1ccco1)CC(C)(C)CNC. The van der Waals surface area contributed by atoms with Gasteiger partial charge >= 0.3 is 0 Å². The Morgan fingerprint density at radius 3 is 2.69 bits per heavy atom. The van der Waals surface area contributed by atoms with Crippen LogP contribution in [0.15, 0.2) is 22.8 Å². The van der Waals surface area contributed by atoms with Crippen molar-refractivity contribution in [2.75, 3.05) is 26.7 Å². The highest BCUT2D eigenvalue weighted by Gasteiger charge is 2.20. The molecule has 0 aliphatic heterocycles. The summed E-state index contributed by atoms with van der Waals surface area (Å²) in [6, 6.07) is 3.98. The van der Waals surface area contributed by atoms with Gasteiger partial charge in [0.15, 0.2) is 0 Å². The van der Waals surface area contributed by atoms with Crippen LogP contribution in [0, 0.1) is 5.41 Å². The van der Waals surface area contributed by atoms with Crippen molar-refractivity contribution in [2.24, 2.45) is 5.41 Å². The van der Waals surface area contributed by atoms with Crippen molar-refractivity contribution in [3.8, 4) is 0 Å². The third kappa shape index (κ3) is 4.37. The minimum Gasteiger partial charge on any atom is -0.468 e. The second-order valence-electron chi connectivity index (χ2n) is 5.08. The smallest absolute Gasteiger partial charge is 0.117 e. The molecule has 0 bridgehead atoms. The fourth-order valence-corrected chi connectivity index (χ4v) is 2.04. The topological polar surface area (TPSA) is 28.4 Å². The minimum absolute atomic E-state index is 0.289. The molecule has 0 saturated carbocycles. The van der Waals surface area contributed by atoms with E-state index in [1.807, 2.05) is 19.2 Å². The monoisotopic (exact) mass is 224 g/mol. The Labute approximate surface area is 98.8 Å². The summed E-state index contributed by atoms with van der Waals surface area (Å²) in [6.07, 6.45) is 1.74. The van der Waals surface area contributed by atoms with Crippen LogP contribution >= 0.6 is 0 Å². The Hall–Kier alpha value is -0.800. The van der Waals surface area contributed by atoms with E-state index < -0.39 is 0 Å². The van der Waals surface area contributed by atoms with Crippen LogP contribution in [0.3, 0.4) is 0 Å². The second-order valence-corrected chi connectivity index (χ2v) is 5.08. The maximum Gasteiger partial charge on any atom is 0.117 e. The highest BCUT2D eigenvalue weighted by atomic mass is 16.3. The second kappa shape index (κ2) is 6.06. The molecule has 1 rings (SSSR count). The average molecular weight is 224 g/mol. The fourth-order valence-electron chi connectivity index (χ4n) is 2.04. The van der Waals surface area contributed by atoms with Crippen LogP contribution in [-0.2, 0) is 6.54 Å².